The number of rotatable bonds is 12. The maximum Gasteiger partial charge on any atom is 0.354 e. The van der Waals surface area contributed by atoms with E-state index in [-0.39, 0.29) is 11.7 Å². The first-order valence-electron chi connectivity index (χ1n) is 15.8. The quantitative estimate of drug-likeness (QED) is 0.142. The van der Waals surface area contributed by atoms with E-state index in [2.05, 4.69) is 41.5 Å². The van der Waals surface area contributed by atoms with Crippen LogP contribution in [0.5, 0.6) is 23.0 Å². The number of aromatic carboxylic acids is 1. The Morgan fingerprint density at radius 3 is 2.31 bits per heavy atom. The van der Waals surface area contributed by atoms with Gasteiger partial charge in [-0.25, -0.2) is 9.78 Å². The van der Waals surface area contributed by atoms with Crippen molar-refractivity contribution in [2.45, 2.75) is 32.6 Å². The second-order valence-electron chi connectivity index (χ2n) is 11.6. The van der Waals surface area contributed by atoms with Crippen molar-refractivity contribution < 1.29 is 28.8 Å². The molecule has 0 saturated heterocycles. The summed E-state index contributed by atoms with van der Waals surface area (Å²) in [5.74, 6) is 1.66. The molecule has 0 radical (unpaired) electrons. The molecule has 0 aliphatic carbocycles. The third-order valence-electron chi connectivity index (χ3n) is 8.36. The lowest BCUT2D eigenvalue weighted by Gasteiger charge is -2.26. The number of nitrogens with one attached hydrogen (secondary N) is 1. The molecule has 1 unspecified atom stereocenters. The van der Waals surface area contributed by atoms with Crippen LogP contribution in [0.1, 0.15) is 49.9 Å². The molecule has 6 rings (SSSR count). The lowest BCUT2D eigenvalue weighted by molar-refractivity contribution is 0.0690. The van der Waals surface area contributed by atoms with Gasteiger partial charge in [-0.2, -0.15) is 0 Å². The van der Waals surface area contributed by atoms with Crippen LogP contribution < -0.4 is 24.3 Å². The molecule has 1 aliphatic rings. The van der Waals surface area contributed by atoms with Gasteiger partial charge in [0.15, 0.2) is 23.0 Å². The standard InChI is InChI=1S/C40H38N2O6/c1-26-19-36(45-2)38(48-25-28-11-7-12-31(20-28)33-13-8-14-35(42-33)40(43)44)21-29(26)15-16-34-32-23-37(46-3)39(22-30(32)17-18-41-34)47-24-27-9-5-4-6-10-27/h4-16,19-23,34,41H,17-18,24-25H2,1-3H3,(H,43,44)/b16-15+. The van der Waals surface area contributed by atoms with E-state index in [9.17, 15) is 9.90 Å². The van der Waals surface area contributed by atoms with E-state index in [1.54, 1.807) is 26.4 Å². The summed E-state index contributed by atoms with van der Waals surface area (Å²) in [5.41, 5.74) is 7.88. The number of methoxy groups -OCH3 is 2. The van der Waals surface area contributed by atoms with Gasteiger partial charge in [-0.15, -0.1) is 0 Å². The third kappa shape index (κ3) is 7.51. The number of pyridine rings is 1. The van der Waals surface area contributed by atoms with Crippen molar-refractivity contribution in [3.63, 3.8) is 0 Å². The summed E-state index contributed by atoms with van der Waals surface area (Å²) >= 11 is 0. The molecule has 0 bridgehead atoms. The Balaban J connectivity index is 1.19. The van der Waals surface area contributed by atoms with Gasteiger partial charge in [0.1, 0.15) is 18.9 Å². The highest BCUT2D eigenvalue weighted by molar-refractivity contribution is 5.86. The van der Waals surface area contributed by atoms with Crippen molar-refractivity contribution in [1.29, 1.82) is 0 Å². The molecule has 48 heavy (non-hydrogen) atoms. The lowest BCUT2D eigenvalue weighted by atomic mass is 9.92. The minimum absolute atomic E-state index is 0.00258. The van der Waals surface area contributed by atoms with Gasteiger partial charge >= 0.3 is 5.97 Å². The Kier molecular flexibility index (Phi) is 10.0. The van der Waals surface area contributed by atoms with Crippen LogP contribution in [0.2, 0.25) is 0 Å². The molecule has 1 aromatic heterocycles. The van der Waals surface area contributed by atoms with E-state index >= 15 is 0 Å². The fourth-order valence-corrected chi connectivity index (χ4v) is 5.80. The second kappa shape index (κ2) is 14.9. The Morgan fingerprint density at radius 1 is 0.833 bits per heavy atom. The monoisotopic (exact) mass is 642 g/mol. The summed E-state index contributed by atoms with van der Waals surface area (Å²) in [6, 6.07) is 31.0. The number of carboxylic acids is 1. The van der Waals surface area contributed by atoms with Crippen LogP contribution in [0.3, 0.4) is 0 Å². The van der Waals surface area contributed by atoms with E-state index in [0.717, 1.165) is 52.1 Å². The van der Waals surface area contributed by atoms with Crippen LogP contribution in [-0.4, -0.2) is 36.8 Å². The minimum Gasteiger partial charge on any atom is -0.493 e. The predicted molar refractivity (Wildman–Crippen MR) is 186 cm³/mol. The number of benzene rings is 4. The van der Waals surface area contributed by atoms with E-state index in [0.29, 0.717) is 36.2 Å². The molecular weight excluding hydrogens is 604 g/mol. The van der Waals surface area contributed by atoms with Crippen molar-refractivity contribution in [2.75, 3.05) is 20.8 Å². The molecule has 0 spiro atoms. The minimum atomic E-state index is -1.06. The summed E-state index contributed by atoms with van der Waals surface area (Å²) in [5, 5.41) is 13.0. The van der Waals surface area contributed by atoms with Crippen LogP contribution in [0, 0.1) is 6.92 Å². The van der Waals surface area contributed by atoms with Crippen molar-refractivity contribution in [3.8, 4) is 34.3 Å². The van der Waals surface area contributed by atoms with Crippen LogP contribution in [0.4, 0.5) is 0 Å². The first kappa shape index (κ1) is 32.3. The number of fused-ring (bicyclic) bond motifs is 1. The van der Waals surface area contributed by atoms with Gasteiger partial charge in [0.05, 0.1) is 26.0 Å². The highest BCUT2D eigenvalue weighted by Gasteiger charge is 2.21. The van der Waals surface area contributed by atoms with E-state index in [4.69, 9.17) is 18.9 Å². The van der Waals surface area contributed by atoms with Gasteiger partial charge in [-0.3, -0.25) is 0 Å². The largest absolute Gasteiger partial charge is 0.493 e. The fourth-order valence-electron chi connectivity index (χ4n) is 5.80. The van der Waals surface area contributed by atoms with Crippen LogP contribution in [0.15, 0.2) is 103 Å². The highest BCUT2D eigenvalue weighted by atomic mass is 16.5. The second-order valence-corrected chi connectivity index (χ2v) is 11.6. The summed E-state index contributed by atoms with van der Waals surface area (Å²) in [6.45, 7) is 3.66. The molecule has 5 aromatic rings. The predicted octanol–water partition coefficient (Wildman–Crippen LogP) is 7.83. The zero-order valence-electron chi connectivity index (χ0n) is 27.2. The molecule has 2 heterocycles. The van der Waals surface area contributed by atoms with Crippen LogP contribution in [-0.2, 0) is 19.6 Å². The molecular formula is C40H38N2O6. The Morgan fingerprint density at radius 2 is 1.54 bits per heavy atom. The van der Waals surface area contributed by atoms with E-state index in [1.165, 1.54) is 11.6 Å². The van der Waals surface area contributed by atoms with Crippen molar-refractivity contribution in [1.82, 2.24) is 10.3 Å². The van der Waals surface area contributed by atoms with E-state index in [1.807, 2.05) is 66.7 Å². The van der Waals surface area contributed by atoms with Crippen LogP contribution in [0.25, 0.3) is 17.3 Å². The highest BCUT2D eigenvalue weighted by Crippen LogP contribution is 2.37. The van der Waals surface area contributed by atoms with Crippen LogP contribution >= 0.6 is 0 Å². The lowest BCUT2D eigenvalue weighted by Crippen LogP contribution is -2.28. The number of hydrogen-bond acceptors (Lipinski definition) is 7. The number of nitrogens with zero attached hydrogens (tertiary/aromatic N) is 1. The zero-order valence-corrected chi connectivity index (χ0v) is 27.2. The van der Waals surface area contributed by atoms with Gasteiger partial charge in [0, 0.05) is 12.1 Å². The normalized spacial score (nSPS) is 13.9. The summed E-state index contributed by atoms with van der Waals surface area (Å²) in [6.07, 6.45) is 5.18. The molecule has 0 fully saturated rings. The molecule has 4 aromatic carbocycles. The molecule has 0 saturated carbocycles. The summed E-state index contributed by atoms with van der Waals surface area (Å²) < 4.78 is 23.9. The molecule has 8 nitrogen and oxygen atoms in total. The van der Waals surface area contributed by atoms with Crippen molar-refractivity contribution in [3.05, 3.63) is 142 Å². The topological polar surface area (TPSA) is 99.1 Å². The summed E-state index contributed by atoms with van der Waals surface area (Å²) in [4.78, 5) is 15.7. The van der Waals surface area contributed by atoms with Crippen molar-refractivity contribution in [2.24, 2.45) is 0 Å². The average molecular weight is 643 g/mol. The molecule has 2 N–H and O–H groups in total. The number of aromatic nitrogens is 1. The Labute approximate surface area is 280 Å². The maximum atomic E-state index is 11.4. The van der Waals surface area contributed by atoms with Gasteiger partial charge in [0.2, 0.25) is 0 Å². The fraction of sp³-hybridized carbons (Fsp3) is 0.200. The summed E-state index contributed by atoms with van der Waals surface area (Å²) in [7, 11) is 3.30. The first-order chi connectivity index (χ1) is 23.4. The molecule has 1 atom stereocenters. The van der Waals surface area contributed by atoms with Crippen molar-refractivity contribution >= 4 is 12.0 Å². The van der Waals surface area contributed by atoms with E-state index < -0.39 is 5.97 Å². The third-order valence-corrected chi connectivity index (χ3v) is 8.36. The number of aryl methyl sites for hydroxylation is 1. The van der Waals surface area contributed by atoms with Gasteiger partial charge in [-0.1, -0.05) is 66.7 Å². The number of hydrogen-bond donors (Lipinski definition) is 2. The molecule has 0 amide bonds. The number of carboxylic acid groups (broad SMARTS) is 1. The molecule has 1 aliphatic heterocycles. The molecule has 8 heteroatoms. The Bertz CT molecular complexity index is 1940. The first-order valence-corrected chi connectivity index (χ1v) is 15.8. The number of ether oxygens (including phenoxy) is 4. The zero-order chi connectivity index (χ0) is 33.5. The van der Waals surface area contributed by atoms with Gasteiger partial charge < -0.3 is 29.4 Å². The average Bonchev–Trinajstić information content (AvgIpc) is 3.12. The SMILES string of the molecule is COc1cc(C)c(/C=C/C2NCCc3cc(OCc4ccccc4)c(OC)cc32)cc1OCc1cccc(-c2cccc(C(=O)O)n2)c1. The molecule has 244 valence electrons. The Hall–Kier alpha value is -5.60. The maximum absolute atomic E-state index is 11.4. The van der Waals surface area contributed by atoms with Gasteiger partial charge in [0.25, 0.3) is 0 Å². The van der Waals surface area contributed by atoms with Gasteiger partial charge in [-0.05, 0) is 89.2 Å². The number of carbonyl (C=O) groups is 1. The smallest absolute Gasteiger partial charge is 0.354 e.